The Bertz CT molecular complexity index is 1480. The van der Waals surface area contributed by atoms with Gasteiger partial charge in [0.1, 0.15) is 29.7 Å². The Balaban J connectivity index is 1.63. The minimum absolute atomic E-state index is 0.0255. The lowest BCUT2D eigenvalue weighted by Crippen LogP contribution is -2.26. The summed E-state index contributed by atoms with van der Waals surface area (Å²) >= 11 is 7.59. The third-order valence-electron chi connectivity index (χ3n) is 7.30. The van der Waals surface area contributed by atoms with E-state index in [2.05, 4.69) is 43.4 Å². The highest BCUT2D eigenvalue weighted by molar-refractivity contribution is 8.13. The highest BCUT2D eigenvalue weighted by atomic mass is 35.5. The molecule has 222 valence electrons. The molecule has 0 atom stereocenters. The van der Waals surface area contributed by atoms with Gasteiger partial charge in [-0.3, -0.25) is 0 Å². The third-order valence-corrected chi connectivity index (χ3v) is 8.56. The number of allylic oxidation sites excluding steroid dienone is 2. The summed E-state index contributed by atoms with van der Waals surface area (Å²) in [6, 6.07) is 16.5. The summed E-state index contributed by atoms with van der Waals surface area (Å²) < 4.78 is 40.8. The molecule has 0 radical (unpaired) electrons. The number of thioether (sulfide) groups is 1. The zero-order valence-corrected chi connectivity index (χ0v) is 25.8. The van der Waals surface area contributed by atoms with E-state index in [4.69, 9.17) is 31.8 Å². The maximum atomic E-state index is 14.9. The van der Waals surface area contributed by atoms with Crippen LogP contribution in [0.5, 0.6) is 11.5 Å². The maximum absolute atomic E-state index is 14.9. The van der Waals surface area contributed by atoms with Gasteiger partial charge >= 0.3 is 0 Å². The molecule has 1 heterocycles. The molecule has 1 aliphatic rings. The van der Waals surface area contributed by atoms with Gasteiger partial charge < -0.3 is 20.5 Å². The topological polar surface area (TPSA) is 68.9 Å². The number of ether oxygens (including phenoxy) is 2. The molecule has 0 aliphatic carbocycles. The van der Waals surface area contributed by atoms with Gasteiger partial charge in [-0.2, -0.15) is 0 Å². The van der Waals surface area contributed by atoms with Crippen molar-refractivity contribution in [1.29, 1.82) is 0 Å². The van der Waals surface area contributed by atoms with Crippen LogP contribution in [0.25, 0.3) is 5.57 Å². The van der Waals surface area contributed by atoms with Crippen molar-refractivity contribution in [3.8, 4) is 11.5 Å². The normalized spacial score (nSPS) is 13.7. The van der Waals surface area contributed by atoms with Crippen molar-refractivity contribution < 1.29 is 18.3 Å². The quantitative estimate of drug-likeness (QED) is 0.171. The minimum Gasteiger partial charge on any atom is -0.495 e. The van der Waals surface area contributed by atoms with E-state index >= 15 is 0 Å². The van der Waals surface area contributed by atoms with E-state index in [-0.39, 0.29) is 23.7 Å². The van der Waals surface area contributed by atoms with Gasteiger partial charge in [0.05, 0.1) is 17.2 Å². The van der Waals surface area contributed by atoms with Crippen molar-refractivity contribution in [3.05, 3.63) is 111 Å². The second kappa shape index (κ2) is 14.3. The van der Waals surface area contributed by atoms with Crippen LogP contribution in [0.15, 0.2) is 77.4 Å². The zero-order chi connectivity index (χ0) is 30.3. The largest absolute Gasteiger partial charge is 0.495 e. The minimum atomic E-state index is -0.657. The van der Waals surface area contributed by atoms with Crippen LogP contribution in [0.4, 0.5) is 8.78 Å². The Morgan fingerprint density at radius 1 is 1.07 bits per heavy atom. The summed E-state index contributed by atoms with van der Waals surface area (Å²) in [6.45, 7) is 7.36. The Labute approximate surface area is 255 Å². The summed E-state index contributed by atoms with van der Waals surface area (Å²) in [5.41, 5.74) is 10.4. The van der Waals surface area contributed by atoms with E-state index in [1.165, 1.54) is 23.9 Å². The first kappa shape index (κ1) is 31.8. The third kappa shape index (κ3) is 7.81. The molecule has 0 amide bonds. The molecule has 0 unspecified atom stereocenters. The van der Waals surface area contributed by atoms with Crippen molar-refractivity contribution in [2.24, 2.45) is 10.7 Å². The van der Waals surface area contributed by atoms with Gasteiger partial charge in [0.2, 0.25) is 0 Å². The molecule has 42 heavy (non-hydrogen) atoms. The summed E-state index contributed by atoms with van der Waals surface area (Å²) in [5, 5.41) is 4.11. The molecule has 9 heteroatoms. The highest BCUT2D eigenvalue weighted by Gasteiger charge is 2.29. The van der Waals surface area contributed by atoms with Crippen LogP contribution < -0.4 is 20.5 Å². The Kier molecular flexibility index (Phi) is 10.8. The van der Waals surface area contributed by atoms with Gasteiger partial charge in [0, 0.05) is 48.3 Å². The Hall–Kier alpha value is -3.17. The SMILES string of the molecule is COc1cc(C(C)(C)C2=CN=C(SCc3c(F)cc(OCCNCN)cc3F)C=C(c3ccc(C)cc3)C2)ccc1Cl. The van der Waals surface area contributed by atoms with Crippen LogP contribution in [0.3, 0.4) is 0 Å². The van der Waals surface area contributed by atoms with Crippen LogP contribution in [0.1, 0.15) is 42.5 Å². The maximum Gasteiger partial charge on any atom is 0.137 e. The summed E-state index contributed by atoms with van der Waals surface area (Å²) in [6.07, 6.45) is 4.53. The first-order valence-corrected chi connectivity index (χ1v) is 15.0. The molecule has 1 aliphatic heterocycles. The van der Waals surface area contributed by atoms with Crippen molar-refractivity contribution in [1.82, 2.24) is 5.32 Å². The second-order valence-corrected chi connectivity index (χ2v) is 11.9. The molecule has 0 aromatic heterocycles. The number of nitrogens with zero attached hydrogens (tertiary/aromatic N) is 1. The van der Waals surface area contributed by atoms with E-state index in [1.807, 2.05) is 37.4 Å². The molecule has 0 saturated heterocycles. The molecule has 5 nitrogen and oxygen atoms in total. The van der Waals surface area contributed by atoms with Gasteiger partial charge in [-0.15, -0.1) is 11.8 Å². The summed E-state index contributed by atoms with van der Waals surface area (Å²) in [7, 11) is 1.60. The monoisotopic (exact) mass is 611 g/mol. The summed E-state index contributed by atoms with van der Waals surface area (Å²) in [4.78, 5) is 4.80. The number of rotatable bonds is 11. The fraction of sp³-hybridized carbons (Fsp3) is 0.303. The first-order valence-electron chi connectivity index (χ1n) is 13.7. The second-order valence-electron chi connectivity index (χ2n) is 10.5. The number of hydrogen-bond acceptors (Lipinski definition) is 6. The fourth-order valence-electron chi connectivity index (χ4n) is 4.57. The van der Waals surface area contributed by atoms with Crippen molar-refractivity contribution in [2.75, 3.05) is 26.9 Å². The molecule has 3 aromatic rings. The lowest BCUT2D eigenvalue weighted by Gasteiger charge is -2.29. The van der Waals surface area contributed by atoms with E-state index in [9.17, 15) is 8.78 Å². The molecule has 3 aromatic carbocycles. The average Bonchev–Trinajstić information content (AvgIpc) is 3.19. The Morgan fingerprint density at radius 3 is 2.45 bits per heavy atom. The van der Waals surface area contributed by atoms with Gasteiger partial charge in [0.25, 0.3) is 0 Å². The number of nitrogens with one attached hydrogen (secondary N) is 1. The predicted octanol–water partition coefficient (Wildman–Crippen LogP) is 7.80. The highest BCUT2D eigenvalue weighted by Crippen LogP contribution is 2.41. The molecule has 0 spiro atoms. The number of benzene rings is 3. The van der Waals surface area contributed by atoms with Crippen molar-refractivity contribution >= 4 is 34.0 Å². The molecule has 0 saturated carbocycles. The fourth-order valence-corrected chi connectivity index (χ4v) is 5.68. The van der Waals surface area contributed by atoms with Gasteiger partial charge in [-0.25, -0.2) is 13.8 Å². The number of methoxy groups -OCH3 is 1. The van der Waals surface area contributed by atoms with Crippen LogP contribution in [-0.4, -0.2) is 32.0 Å². The number of aryl methyl sites for hydroxylation is 1. The molecular formula is C33H36ClF2N3O2S. The first-order chi connectivity index (χ1) is 20.1. The van der Waals surface area contributed by atoms with Crippen molar-refractivity contribution in [2.45, 2.75) is 38.4 Å². The number of nitrogens with two attached hydrogens (primary N) is 1. The van der Waals surface area contributed by atoms with Gasteiger partial charge in [-0.05, 0) is 53.8 Å². The van der Waals surface area contributed by atoms with E-state index in [0.29, 0.717) is 35.5 Å². The molecule has 0 fully saturated rings. The predicted molar refractivity (Wildman–Crippen MR) is 171 cm³/mol. The number of hydrogen-bond donors (Lipinski definition) is 2. The number of halogens is 3. The smallest absolute Gasteiger partial charge is 0.137 e. The molecule has 3 N–H and O–H groups in total. The van der Waals surface area contributed by atoms with Gasteiger partial charge in [0.15, 0.2) is 0 Å². The number of aliphatic imine (C=N–C) groups is 1. The lowest BCUT2D eigenvalue weighted by molar-refractivity contribution is 0.311. The van der Waals surface area contributed by atoms with E-state index in [1.54, 1.807) is 7.11 Å². The molecule has 0 bridgehead atoms. The van der Waals surface area contributed by atoms with Crippen LogP contribution in [0, 0.1) is 18.6 Å². The van der Waals surface area contributed by atoms with Gasteiger partial charge in [-0.1, -0.05) is 61.3 Å². The Morgan fingerprint density at radius 2 is 1.79 bits per heavy atom. The summed E-state index contributed by atoms with van der Waals surface area (Å²) in [5.74, 6) is -0.493. The van der Waals surface area contributed by atoms with E-state index < -0.39 is 17.0 Å². The van der Waals surface area contributed by atoms with Crippen LogP contribution in [-0.2, 0) is 11.2 Å². The average molecular weight is 612 g/mol. The van der Waals surface area contributed by atoms with Crippen LogP contribution in [0.2, 0.25) is 5.02 Å². The molecule has 4 rings (SSSR count). The standard InChI is InChI=1S/C33H36ClF2N3O2S/c1-21-5-7-22(8-6-21)23-13-25(33(2,3)24-9-10-28(34)31(15-24)40-4)18-39-32(14-23)42-19-27-29(35)16-26(17-30(27)36)41-12-11-38-20-37/h5-10,14-18,38H,11-13,19-20,37H2,1-4H3. The molecular weight excluding hydrogens is 576 g/mol. The zero-order valence-electron chi connectivity index (χ0n) is 24.3. The van der Waals surface area contributed by atoms with Crippen LogP contribution >= 0.6 is 23.4 Å². The van der Waals surface area contributed by atoms with E-state index in [0.717, 1.165) is 27.8 Å². The van der Waals surface area contributed by atoms with Crippen molar-refractivity contribution in [3.63, 3.8) is 0 Å². The lowest BCUT2D eigenvalue weighted by atomic mass is 9.75.